The van der Waals surface area contributed by atoms with Crippen molar-refractivity contribution in [3.63, 3.8) is 0 Å². The summed E-state index contributed by atoms with van der Waals surface area (Å²) in [5.74, 6) is 1.56. The number of aromatic nitrogens is 6. The molecule has 0 atom stereocenters. The molecule has 1 aromatic carbocycles. The predicted octanol–water partition coefficient (Wildman–Crippen LogP) is 3.03. The van der Waals surface area contributed by atoms with Gasteiger partial charge in [-0.1, -0.05) is 19.1 Å². The van der Waals surface area contributed by atoms with E-state index in [0.717, 1.165) is 47.0 Å². The lowest BCUT2D eigenvalue weighted by molar-refractivity contribution is 0.411. The maximum absolute atomic E-state index is 5.40. The number of ether oxygens (including phenoxy) is 1. The molecular weight excluding hydrogens is 304 g/mol. The van der Waals surface area contributed by atoms with Crippen LogP contribution in [0.5, 0.6) is 5.75 Å². The molecule has 7 nitrogen and oxygen atoms in total. The summed E-state index contributed by atoms with van der Waals surface area (Å²) < 4.78 is 9.11. The van der Waals surface area contributed by atoms with Gasteiger partial charge in [-0.05, 0) is 18.6 Å². The Bertz CT molecular complexity index is 980. The van der Waals surface area contributed by atoms with Gasteiger partial charge in [0.15, 0.2) is 5.65 Å². The quantitative estimate of drug-likeness (QED) is 0.613. The highest BCUT2D eigenvalue weighted by Crippen LogP contribution is 2.25. The van der Waals surface area contributed by atoms with Gasteiger partial charge < -0.3 is 9.72 Å². The Balaban J connectivity index is 1.72. The molecule has 0 radical (unpaired) electrons. The maximum Gasteiger partial charge on any atom is 0.176 e. The first-order chi connectivity index (χ1) is 11.8. The molecule has 4 aromatic rings. The van der Waals surface area contributed by atoms with E-state index < -0.39 is 0 Å². The molecule has 0 aliphatic rings. The monoisotopic (exact) mass is 322 g/mol. The highest BCUT2D eigenvalue weighted by molar-refractivity contribution is 5.75. The van der Waals surface area contributed by atoms with Gasteiger partial charge in [0, 0.05) is 12.7 Å². The first-order valence-electron chi connectivity index (χ1n) is 7.90. The number of imidazole rings is 1. The first kappa shape index (κ1) is 14.5. The first-order valence-corrected chi connectivity index (χ1v) is 7.90. The van der Waals surface area contributed by atoms with Crippen LogP contribution in [0.3, 0.4) is 0 Å². The van der Waals surface area contributed by atoms with Gasteiger partial charge in [-0.3, -0.25) is 0 Å². The molecule has 0 amide bonds. The van der Waals surface area contributed by atoms with Crippen molar-refractivity contribution in [2.24, 2.45) is 0 Å². The molecule has 3 aromatic heterocycles. The zero-order chi connectivity index (χ0) is 16.5. The second-order valence-corrected chi connectivity index (χ2v) is 5.54. The van der Waals surface area contributed by atoms with E-state index in [-0.39, 0.29) is 0 Å². The Hall–Kier alpha value is -3.09. The highest BCUT2D eigenvalue weighted by atomic mass is 16.5. The van der Waals surface area contributed by atoms with Crippen molar-refractivity contribution in [3.8, 4) is 22.8 Å². The lowest BCUT2D eigenvalue weighted by atomic mass is 10.3. The number of hydrogen-bond donors (Lipinski definition) is 1. The Morgan fingerprint density at radius 3 is 2.88 bits per heavy atom. The molecule has 0 unspecified atom stereocenters. The second kappa shape index (κ2) is 5.84. The van der Waals surface area contributed by atoms with E-state index in [0.29, 0.717) is 0 Å². The van der Waals surface area contributed by atoms with Gasteiger partial charge in [0.2, 0.25) is 0 Å². The molecule has 4 rings (SSSR count). The number of H-pyrrole nitrogens is 1. The van der Waals surface area contributed by atoms with Crippen LogP contribution in [0, 0.1) is 0 Å². The van der Waals surface area contributed by atoms with Crippen LogP contribution in [-0.2, 0) is 6.54 Å². The molecule has 0 spiro atoms. The number of benzene rings is 1. The summed E-state index contributed by atoms with van der Waals surface area (Å²) in [5.41, 5.74) is 3.61. The average Bonchev–Trinajstić information content (AvgIpc) is 3.31. The van der Waals surface area contributed by atoms with Gasteiger partial charge in [0.05, 0.1) is 25.1 Å². The molecule has 122 valence electrons. The van der Waals surface area contributed by atoms with Gasteiger partial charge in [-0.15, -0.1) is 0 Å². The minimum absolute atomic E-state index is 0.773. The molecule has 0 saturated heterocycles. The summed E-state index contributed by atoms with van der Waals surface area (Å²) in [4.78, 5) is 7.98. The van der Waals surface area contributed by atoms with Gasteiger partial charge in [-0.25, -0.2) is 14.3 Å². The molecule has 0 fully saturated rings. The van der Waals surface area contributed by atoms with E-state index in [1.54, 1.807) is 18.0 Å². The molecule has 1 N–H and O–H groups in total. The minimum atomic E-state index is 0.773. The van der Waals surface area contributed by atoms with Crippen molar-refractivity contribution in [1.82, 2.24) is 29.5 Å². The van der Waals surface area contributed by atoms with Crippen LogP contribution in [0.1, 0.15) is 13.3 Å². The maximum atomic E-state index is 5.40. The molecule has 24 heavy (non-hydrogen) atoms. The number of nitrogens with zero attached hydrogens (tertiary/aromatic N) is 5. The molecule has 3 heterocycles. The molecule has 0 bridgehead atoms. The Kier molecular flexibility index (Phi) is 3.53. The van der Waals surface area contributed by atoms with Crippen LogP contribution in [0.2, 0.25) is 0 Å². The second-order valence-electron chi connectivity index (χ2n) is 5.54. The number of nitrogens with one attached hydrogen (secondary N) is 1. The van der Waals surface area contributed by atoms with Crippen molar-refractivity contribution < 1.29 is 4.74 Å². The lowest BCUT2D eigenvalue weighted by Gasteiger charge is -2.07. The Morgan fingerprint density at radius 2 is 2.04 bits per heavy atom. The smallest absolute Gasteiger partial charge is 0.176 e. The molecule has 0 aliphatic carbocycles. The number of hydrogen-bond acceptors (Lipinski definition) is 4. The topological polar surface area (TPSA) is 73.5 Å². The van der Waals surface area contributed by atoms with Crippen molar-refractivity contribution in [3.05, 3.63) is 42.9 Å². The van der Waals surface area contributed by atoms with E-state index in [4.69, 9.17) is 4.74 Å². The summed E-state index contributed by atoms with van der Waals surface area (Å²) in [6.07, 6.45) is 6.56. The SMILES string of the molecule is CCCn1ncc2[nH]c(-c3cnn(-c4ccccc4OC)c3)nc21. The largest absolute Gasteiger partial charge is 0.494 e. The van der Waals surface area contributed by atoms with E-state index in [9.17, 15) is 0 Å². The number of para-hydroxylation sites is 2. The van der Waals surface area contributed by atoms with Gasteiger partial charge in [0.25, 0.3) is 0 Å². The zero-order valence-electron chi connectivity index (χ0n) is 13.6. The average molecular weight is 322 g/mol. The van der Waals surface area contributed by atoms with E-state index in [1.807, 2.05) is 41.3 Å². The number of rotatable bonds is 5. The number of fused-ring (bicyclic) bond motifs is 1. The Labute approximate surface area is 138 Å². The zero-order valence-corrected chi connectivity index (χ0v) is 13.6. The van der Waals surface area contributed by atoms with Crippen LogP contribution in [0.4, 0.5) is 0 Å². The fourth-order valence-electron chi connectivity index (χ4n) is 2.75. The summed E-state index contributed by atoms with van der Waals surface area (Å²) in [5, 5.41) is 8.78. The lowest BCUT2D eigenvalue weighted by Crippen LogP contribution is -1.98. The van der Waals surface area contributed by atoms with E-state index in [1.165, 1.54) is 0 Å². The van der Waals surface area contributed by atoms with Gasteiger partial charge in [0.1, 0.15) is 22.8 Å². The third-order valence-electron chi connectivity index (χ3n) is 3.91. The number of methoxy groups -OCH3 is 1. The normalized spacial score (nSPS) is 11.2. The fourth-order valence-corrected chi connectivity index (χ4v) is 2.75. The minimum Gasteiger partial charge on any atom is -0.494 e. The van der Waals surface area contributed by atoms with E-state index in [2.05, 4.69) is 27.1 Å². The van der Waals surface area contributed by atoms with Crippen LogP contribution in [0.25, 0.3) is 28.2 Å². The molecule has 7 heteroatoms. The van der Waals surface area contributed by atoms with E-state index >= 15 is 0 Å². The fraction of sp³-hybridized carbons (Fsp3) is 0.235. The van der Waals surface area contributed by atoms with Crippen LogP contribution >= 0.6 is 0 Å². The van der Waals surface area contributed by atoms with Crippen molar-refractivity contribution >= 4 is 11.2 Å². The molecule has 0 aliphatic heterocycles. The highest BCUT2D eigenvalue weighted by Gasteiger charge is 2.13. The molecule has 0 saturated carbocycles. The summed E-state index contributed by atoms with van der Waals surface area (Å²) in [6.45, 7) is 2.98. The standard InChI is InChI=1S/C17H18N6O/c1-3-8-22-17-13(10-19-22)20-16(21-17)12-9-18-23(11-12)14-6-4-5-7-15(14)24-2/h4-7,9-11H,3,8H2,1-2H3,(H,20,21). The molecular formula is C17H18N6O. The van der Waals surface area contributed by atoms with Gasteiger partial charge in [-0.2, -0.15) is 10.2 Å². The summed E-state index contributed by atoms with van der Waals surface area (Å²) >= 11 is 0. The predicted molar refractivity (Wildman–Crippen MR) is 91.3 cm³/mol. The van der Waals surface area contributed by atoms with Crippen molar-refractivity contribution in [2.75, 3.05) is 7.11 Å². The van der Waals surface area contributed by atoms with Crippen LogP contribution < -0.4 is 4.74 Å². The summed E-state index contributed by atoms with van der Waals surface area (Å²) in [7, 11) is 1.65. The van der Waals surface area contributed by atoms with Crippen molar-refractivity contribution in [1.29, 1.82) is 0 Å². The number of aryl methyl sites for hydroxylation is 1. The van der Waals surface area contributed by atoms with Crippen LogP contribution in [0.15, 0.2) is 42.9 Å². The number of aromatic amines is 1. The summed E-state index contributed by atoms with van der Waals surface area (Å²) in [6, 6.07) is 7.77. The van der Waals surface area contributed by atoms with Crippen molar-refractivity contribution in [2.45, 2.75) is 19.9 Å². The van der Waals surface area contributed by atoms with Crippen LogP contribution in [-0.4, -0.2) is 36.6 Å². The third-order valence-corrected chi connectivity index (χ3v) is 3.91. The van der Waals surface area contributed by atoms with Gasteiger partial charge >= 0.3 is 0 Å². The Morgan fingerprint density at radius 1 is 1.17 bits per heavy atom. The third kappa shape index (κ3) is 2.34.